The van der Waals surface area contributed by atoms with Crippen molar-refractivity contribution in [1.29, 1.82) is 0 Å². The second-order valence-corrected chi connectivity index (χ2v) is 10.5. The van der Waals surface area contributed by atoms with E-state index >= 15 is 0 Å². The quantitative estimate of drug-likeness (QED) is 0.263. The number of carbonyl (C=O) groups excluding carboxylic acids is 2. The van der Waals surface area contributed by atoms with Gasteiger partial charge in [0.25, 0.3) is 0 Å². The number of thiophene rings is 1. The maximum atomic E-state index is 13.6. The summed E-state index contributed by atoms with van der Waals surface area (Å²) < 4.78 is 51.0. The van der Waals surface area contributed by atoms with Crippen LogP contribution in [0.5, 0.6) is 11.5 Å². The third-order valence-electron chi connectivity index (χ3n) is 6.19. The monoisotopic (exact) mass is 577 g/mol. The molecule has 216 valence electrons. The molecule has 40 heavy (non-hydrogen) atoms. The number of ether oxygens (including phenoxy) is 2. The summed E-state index contributed by atoms with van der Waals surface area (Å²) in [5.41, 5.74) is -0.367. The number of nitrogens with zero attached hydrogens (tertiary/aromatic N) is 2. The Labute approximate surface area is 236 Å². The molecule has 1 aromatic heterocycles. The third kappa shape index (κ3) is 8.38. The highest BCUT2D eigenvalue weighted by molar-refractivity contribution is 7.11. The van der Waals surface area contributed by atoms with Gasteiger partial charge in [0.15, 0.2) is 11.5 Å². The lowest BCUT2D eigenvalue weighted by Crippen LogP contribution is -2.45. The van der Waals surface area contributed by atoms with E-state index in [1.165, 1.54) is 23.1 Å². The summed E-state index contributed by atoms with van der Waals surface area (Å²) in [4.78, 5) is 31.6. The molecule has 0 aliphatic rings. The lowest BCUT2D eigenvalue weighted by Gasteiger charge is -2.28. The van der Waals surface area contributed by atoms with Crippen molar-refractivity contribution in [2.24, 2.45) is 0 Å². The molecular formula is C29H34F3N3O4S. The van der Waals surface area contributed by atoms with Crippen LogP contribution in [0.3, 0.4) is 0 Å². The summed E-state index contributed by atoms with van der Waals surface area (Å²) in [5, 5.41) is 2.35. The molecule has 1 N–H and O–H groups in total. The van der Waals surface area contributed by atoms with Gasteiger partial charge in [0, 0.05) is 22.8 Å². The van der Waals surface area contributed by atoms with Crippen LogP contribution in [-0.4, -0.2) is 55.6 Å². The largest absolute Gasteiger partial charge is 0.493 e. The second kappa shape index (κ2) is 14.1. The van der Waals surface area contributed by atoms with Gasteiger partial charge in [-0.1, -0.05) is 25.1 Å². The molecule has 1 heterocycles. The number of methoxy groups -OCH3 is 2. The highest BCUT2D eigenvalue weighted by atomic mass is 32.1. The Morgan fingerprint density at radius 2 is 1.68 bits per heavy atom. The van der Waals surface area contributed by atoms with Crippen molar-refractivity contribution in [2.75, 3.05) is 39.2 Å². The van der Waals surface area contributed by atoms with Gasteiger partial charge in [0.2, 0.25) is 5.91 Å². The Hall–Kier alpha value is -3.73. The normalized spacial score (nSPS) is 11.2. The number of para-hydroxylation sites is 1. The summed E-state index contributed by atoms with van der Waals surface area (Å²) in [6.07, 6.45) is -3.58. The Balaban J connectivity index is 1.78. The summed E-state index contributed by atoms with van der Waals surface area (Å²) >= 11 is 1.58. The molecule has 3 amide bonds. The van der Waals surface area contributed by atoms with Crippen LogP contribution in [-0.2, 0) is 23.9 Å². The SMILES string of the molecule is CCCN(CC(=O)N(CCc1ccc(OC)c(OC)c1)Cc1ccc(C)s1)C(=O)Nc1ccccc1C(F)(F)F. The fraction of sp³-hybridized carbons (Fsp3) is 0.379. The van der Waals surface area contributed by atoms with E-state index in [2.05, 4.69) is 5.32 Å². The lowest BCUT2D eigenvalue weighted by atomic mass is 10.1. The van der Waals surface area contributed by atoms with Crippen LogP contribution in [0.1, 0.15) is 34.2 Å². The van der Waals surface area contributed by atoms with Crippen molar-refractivity contribution >= 4 is 29.0 Å². The van der Waals surface area contributed by atoms with Gasteiger partial charge in [0.1, 0.15) is 6.54 Å². The van der Waals surface area contributed by atoms with Crippen LogP contribution in [0.25, 0.3) is 0 Å². The van der Waals surface area contributed by atoms with Crippen LogP contribution in [0, 0.1) is 6.92 Å². The molecule has 0 radical (unpaired) electrons. The Bertz CT molecular complexity index is 1300. The minimum Gasteiger partial charge on any atom is -0.493 e. The number of alkyl halides is 3. The standard InChI is InChI=1S/C29H34F3N3O4S/c1-5-15-35(28(37)33-24-9-7-6-8-23(24)29(30,31)32)19-27(36)34(18-22-12-10-20(2)40-22)16-14-21-11-13-25(38-3)26(17-21)39-4/h6-13,17H,5,14-16,18-19H2,1-4H3,(H,33,37). The molecule has 0 saturated heterocycles. The zero-order valence-corrected chi connectivity index (χ0v) is 23.8. The van der Waals surface area contributed by atoms with Gasteiger partial charge in [-0.25, -0.2) is 4.79 Å². The maximum absolute atomic E-state index is 13.6. The van der Waals surface area contributed by atoms with Crippen LogP contribution in [0.15, 0.2) is 54.6 Å². The number of hydrogen-bond donors (Lipinski definition) is 1. The Kier molecular flexibility index (Phi) is 10.8. The minimum atomic E-state index is -4.63. The average molecular weight is 578 g/mol. The lowest BCUT2D eigenvalue weighted by molar-refractivity contribution is -0.137. The molecule has 0 fully saturated rings. The van der Waals surface area contributed by atoms with Gasteiger partial charge in [-0.2, -0.15) is 13.2 Å². The first-order valence-electron chi connectivity index (χ1n) is 12.8. The number of nitrogens with one attached hydrogen (secondary N) is 1. The Morgan fingerprint density at radius 1 is 0.950 bits per heavy atom. The van der Waals surface area contributed by atoms with Crippen LogP contribution in [0.4, 0.5) is 23.7 Å². The molecule has 3 rings (SSSR count). The third-order valence-corrected chi connectivity index (χ3v) is 7.18. The summed E-state index contributed by atoms with van der Waals surface area (Å²) in [6, 6.07) is 13.5. The fourth-order valence-electron chi connectivity index (χ4n) is 4.17. The molecule has 0 spiro atoms. The van der Waals surface area contributed by atoms with Crippen molar-refractivity contribution in [3.63, 3.8) is 0 Å². The van der Waals surface area contributed by atoms with Crippen molar-refractivity contribution in [3.8, 4) is 11.5 Å². The van der Waals surface area contributed by atoms with E-state index in [1.807, 2.05) is 38.1 Å². The van der Waals surface area contributed by atoms with E-state index < -0.39 is 17.8 Å². The molecule has 2 aromatic carbocycles. The number of amides is 3. The predicted molar refractivity (Wildman–Crippen MR) is 150 cm³/mol. The molecule has 0 atom stereocenters. The number of aryl methyl sites for hydroxylation is 1. The molecular weight excluding hydrogens is 543 g/mol. The highest BCUT2D eigenvalue weighted by Crippen LogP contribution is 2.34. The number of anilines is 1. The first-order valence-corrected chi connectivity index (χ1v) is 13.6. The predicted octanol–water partition coefficient (Wildman–Crippen LogP) is 6.61. The van der Waals surface area contributed by atoms with Crippen molar-refractivity contribution < 1.29 is 32.2 Å². The number of urea groups is 1. The molecule has 0 unspecified atom stereocenters. The number of rotatable bonds is 12. The second-order valence-electron chi connectivity index (χ2n) is 9.16. The molecule has 11 heteroatoms. The first-order chi connectivity index (χ1) is 19.0. The molecule has 0 saturated carbocycles. The van der Waals surface area contributed by atoms with Gasteiger partial charge in [-0.15, -0.1) is 11.3 Å². The van der Waals surface area contributed by atoms with Crippen molar-refractivity contribution in [1.82, 2.24) is 9.80 Å². The van der Waals surface area contributed by atoms with Gasteiger partial charge < -0.3 is 24.6 Å². The number of benzene rings is 2. The van der Waals surface area contributed by atoms with Crippen LogP contribution in [0.2, 0.25) is 0 Å². The van der Waals surface area contributed by atoms with Crippen LogP contribution >= 0.6 is 11.3 Å². The van der Waals surface area contributed by atoms with E-state index in [0.717, 1.165) is 21.4 Å². The molecule has 0 aliphatic heterocycles. The van der Waals surface area contributed by atoms with E-state index in [-0.39, 0.29) is 24.7 Å². The van der Waals surface area contributed by atoms with Crippen molar-refractivity contribution in [3.05, 3.63) is 75.5 Å². The van der Waals surface area contributed by atoms with E-state index in [4.69, 9.17) is 9.47 Å². The number of carbonyl (C=O) groups is 2. The zero-order chi connectivity index (χ0) is 29.3. The average Bonchev–Trinajstić information content (AvgIpc) is 3.34. The molecule has 0 bridgehead atoms. The number of halogens is 3. The molecule has 7 nitrogen and oxygen atoms in total. The Morgan fingerprint density at radius 3 is 2.30 bits per heavy atom. The van der Waals surface area contributed by atoms with Gasteiger partial charge in [-0.05, 0) is 61.7 Å². The smallest absolute Gasteiger partial charge is 0.418 e. The van der Waals surface area contributed by atoms with E-state index in [9.17, 15) is 22.8 Å². The highest BCUT2D eigenvalue weighted by Gasteiger charge is 2.34. The first kappa shape index (κ1) is 30.8. The maximum Gasteiger partial charge on any atom is 0.418 e. The number of hydrogen-bond acceptors (Lipinski definition) is 5. The fourth-order valence-corrected chi connectivity index (χ4v) is 5.08. The molecule has 3 aromatic rings. The van der Waals surface area contributed by atoms with Gasteiger partial charge in [0.05, 0.1) is 32.0 Å². The van der Waals surface area contributed by atoms with Gasteiger partial charge >= 0.3 is 12.2 Å². The summed E-state index contributed by atoms with van der Waals surface area (Å²) in [7, 11) is 3.11. The topological polar surface area (TPSA) is 71.1 Å². The van der Waals surface area contributed by atoms with E-state index in [0.29, 0.717) is 37.4 Å². The molecule has 0 aliphatic carbocycles. The van der Waals surface area contributed by atoms with Crippen LogP contribution < -0.4 is 14.8 Å². The summed E-state index contributed by atoms with van der Waals surface area (Å²) in [6.45, 7) is 4.46. The van der Waals surface area contributed by atoms with Crippen molar-refractivity contribution in [2.45, 2.75) is 39.4 Å². The van der Waals surface area contributed by atoms with Gasteiger partial charge in [-0.3, -0.25) is 4.79 Å². The minimum absolute atomic E-state index is 0.202. The summed E-state index contributed by atoms with van der Waals surface area (Å²) in [5.74, 6) is 0.873. The zero-order valence-electron chi connectivity index (χ0n) is 23.0. The van der Waals surface area contributed by atoms with E-state index in [1.54, 1.807) is 36.5 Å².